The van der Waals surface area contributed by atoms with Crippen LogP contribution in [0.3, 0.4) is 0 Å². The summed E-state index contributed by atoms with van der Waals surface area (Å²) < 4.78 is 29.2. The molecule has 0 saturated carbocycles. The zero-order valence-electron chi connectivity index (χ0n) is 12.7. The van der Waals surface area contributed by atoms with E-state index in [0.717, 1.165) is 24.4 Å². The third-order valence-corrected chi connectivity index (χ3v) is 3.53. The molecule has 5 heteroatoms. The summed E-state index contributed by atoms with van der Waals surface area (Å²) in [6, 6.07) is 5.62. The van der Waals surface area contributed by atoms with Crippen LogP contribution < -0.4 is 5.32 Å². The second kappa shape index (κ2) is 6.80. The molecule has 2 rings (SSSR count). The van der Waals surface area contributed by atoms with Gasteiger partial charge in [-0.1, -0.05) is 6.07 Å². The molecule has 0 aliphatic rings. The molecule has 1 atom stereocenters. The lowest BCUT2D eigenvalue weighted by Crippen LogP contribution is -2.23. The lowest BCUT2D eigenvalue weighted by Gasteiger charge is -2.16. The molecule has 3 nitrogen and oxygen atoms in total. The van der Waals surface area contributed by atoms with Crippen LogP contribution in [0.1, 0.15) is 36.3 Å². The Labute approximate surface area is 124 Å². The Morgan fingerprint density at radius 3 is 2.48 bits per heavy atom. The second-order valence-electron chi connectivity index (χ2n) is 5.31. The number of halogens is 2. The summed E-state index contributed by atoms with van der Waals surface area (Å²) in [5, 5.41) is 7.54. The zero-order valence-corrected chi connectivity index (χ0v) is 12.7. The molecule has 1 aromatic heterocycles. The number of benzene rings is 1. The van der Waals surface area contributed by atoms with Gasteiger partial charge in [0.2, 0.25) is 0 Å². The van der Waals surface area contributed by atoms with Crippen molar-refractivity contribution in [1.82, 2.24) is 15.1 Å². The van der Waals surface area contributed by atoms with Crippen LogP contribution in [0.5, 0.6) is 0 Å². The van der Waals surface area contributed by atoms with Gasteiger partial charge >= 0.3 is 0 Å². The van der Waals surface area contributed by atoms with Gasteiger partial charge in [0.05, 0.1) is 5.69 Å². The van der Waals surface area contributed by atoms with E-state index in [9.17, 15) is 8.78 Å². The Morgan fingerprint density at radius 2 is 1.90 bits per heavy atom. The van der Waals surface area contributed by atoms with Crippen molar-refractivity contribution in [2.45, 2.75) is 39.8 Å². The third-order valence-electron chi connectivity index (χ3n) is 3.53. The quantitative estimate of drug-likeness (QED) is 0.826. The molecule has 1 aromatic carbocycles. The summed E-state index contributed by atoms with van der Waals surface area (Å²) in [6.45, 7) is 7.22. The highest BCUT2D eigenvalue weighted by Crippen LogP contribution is 2.20. The van der Waals surface area contributed by atoms with E-state index in [1.807, 2.05) is 24.6 Å². The first-order chi connectivity index (χ1) is 9.99. The summed E-state index contributed by atoms with van der Waals surface area (Å²) >= 11 is 0. The maximum atomic E-state index is 13.6. The fourth-order valence-electron chi connectivity index (χ4n) is 2.48. The monoisotopic (exact) mass is 293 g/mol. The average Bonchev–Trinajstić information content (AvgIpc) is 2.73. The topological polar surface area (TPSA) is 29.9 Å². The summed E-state index contributed by atoms with van der Waals surface area (Å²) in [6.07, 6.45) is 0.850. The van der Waals surface area contributed by atoms with Gasteiger partial charge in [0, 0.05) is 23.8 Å². The number of nitrogens with one attached hydrogen (secondary N) is 1. The van der Waals surface area contributed by atoms with E-state index in [1.54, 1.807) is 6.92 Å². The fourth-order valence-corrected chi connectivity index (χ4v) is 2.48. The minimum atomic E-state index is -0.506. The van der Waals surface area contributed by atoms with Crippen LogP contribution in [0.2, 0.25) is 0 Å². The maximum Gasteiger partial charge on any atom is 0.130 e. The van der Waals surface area contributed by atoms with Gasteiger partial charge in [-0.25, -0.2) is 8.78 Å². The number of aryl methyl sites for hydroxylation is 3. The minimum absolute atomic E-state index is 0.101. The van der Waals surface area contributed by atoms with Crippen LogP contribution in [0, 0.1) is 25.5 Å². The Morgan fingerprint density at radius 1 is 1.24 bits per heavy atom. The van der Waals surface area contributed by atoms with E-state index in [-0.39, 0.29) is 11.6 Å². The Hall–Kier alpha value is -1.75. The molecular weight excluding hydrogens is 272 g/mol. The average molecular weight is 293 g/mol. The Kier molecular flexibility index (Phi) is 5.07. The molecule has 1 heterocycles. The molecule has 0 amide bonds. The largest absolute Gasteiger partial charge is 0.310 e. The maximum absolute atomic E-state index is 13.6. The van der Waals surface area contributed by atoms with Crippen molar-refractivity contribution < 1.29 is 8.78 Å². The van der Waals surface area contributed by atoms with Gasteiger partial charge in [-0.3, -0.25) is 4.68 Å². The van der Waals surface area contributed by atoms with Gasteiger partial charge in [0.15, 0.2) is 0 Å². The number of hydrogen-bond acceptors (Lipinski definition) is 2. The lowest BCUT2D eigenvalue weighted by molar-refractivity contribution is 0.465. The van der Waals surface area contributed by atoms with E-state index in [1.165, 1.54) is 18.2 Å². The normalized spacial score (nSPS) is 12.6. The van der Waals surface area contributed by atoms with E-state index in [4.69, 9.17) is 0 Å². The standard InChI is InChI=1S/C16H21F2N3/c1-11-10-12(2)21(20-11)9-5-8-19-13(3)16-14(17)6-4-7-15(16)18/h4,6-7,10,13,19H,5,8-9H2,1-3H3. The second-order valence-corrected chi connectivity index (χ2v) is 5.31. The summed E-state index contributed by atoms with van der Waals surface area (Å²) in [7, 11) is 0. The molecule has 114 valence electrons. The van der Waals surface area contributed by atoms with Gasteiger partial charge in [0.25, 0.3) is 0 Å². The summed E-state index contributed by atoms with van der Waals surface area (Å²) in [4.78, 5) is 0. The molecule has 21 heavy (non-hydrogen) atoms. The van der Waals surface area contributed by atoms with Crippen molar-refractivity contribution in [2.75, 3.05) is 6.54 Å². The van der Waals surface area contributed by atoms with Crippen molar-refractivity contribution in [3.63, 3.8) is 0 Å². The molecule has 0 bridgehead atoms. The lowest BCUT2D eigenvalue weighted by atomic mass is 10.1. The molecule has 0 saturated heterocycles. The molecule has 1 unspecified atom stereocenters. The van der Waals surface area contributed by atoms with E-state index in [0.29, 0.717) is 6.54 Å². The Bertz CT molecular complexity index is 587. The van der Waals surface area contributed by atoms with Crippen LogP contribution in [-0.4, -0.2) is 16.3 Å². The van der Waals surface area contributed by atoms with Gasteiger partial charge in [-0.15, -0.1) is 0 Å². The van der Waals surface area contributed by atoms with Gasteiger partial charge in [0.1, 0.15) is 11.6 Å². The van der Waals surface area contributed by atoms with Crippen molar-refractivity contribution >= 4 is 0 Å². The Balaban J connectivity index is 1.85. The summed E-state index contributed by atoms with van der Waals surface area (Å²) in [5.74, 6) is -1.01. The molecular formula is C16H21F2N3. The summed E-state index contributed by atoms with van der Waals surface area (Å²) in [5.41, 5.74) is 2.23. The van der Waals surface area contributed by atoms with E-state index >= 15 is 0 Å². The highest BCUT2D eigenvalue weighted by atomic mass is 19.1. The fraction of sp³-hybridized carbons (Fsp3) is 0.438. The van der Waals surface area contributed by atoms with Crippen LogP contribution in [-0.2, 0) is 6.54 Å². The van der Waals surface area contributed by atoms with Crippen molar-refractivity contribution in [3.05, 3.63) is 52.9 Å². The van der Waals surface area contributed by atoms with Crippen LogP contribution in [0.25, 0.3) is 0 Å². The first-order valence-electron chi connectivity index (χ1n) is 7.17. The predicted octanol–water partition coefficient (Wildman–Crippen LogP) is 3.52. The zero-order chi connectivity index (χ0) is 15.4. The number of aromatic nitrogens is 2. The van der Waals surface area contributed by atoms with E-state index in [2.05, 4.69) is 10.4 Å². The molecule has 2 aromatic rings. The highest BCUT2D eigenvalue weighted by molar-refractivity contribution is 5.22. The minimum Gasteiger partial charge on any atom is -0.310 e. The molecule has 0 spiro atoms. The van der Waals surface area contributed by atoms with Crippen molar-refractivity contribution in [2.24, 2.45) is 0 Å². The molecule has 0 radical (unpaired) electrons. The predicted molar refractivity (Wildman–Crippen MR) is 79.1 cm³/mol. The van der Waals surface area contributed by atoms with Gasteiger partial charge in [-0.05, 0) is 51.9 Å². The van der Waals surface area contributed by atoms with Gasteiger partial charge < -0.3 is 5.32 Å². The van der Waals surface area contributed by atoms with E-state index < -0.39 is 11.6 Å². The van der Waals surface area contributed by atoms with Crippen LogP contribution in [0.4, 0.5) is 8.78 Å². The van der Waals surface area contributed by atoms with Crippen LogP contribution >= 0.6 is 0 Å². The number of nitrogens with zero attached hydrogens (tertiary/aromatic N) is 2. The molecule has 0 aliphatic carbocycles. The van der Waals surface area contributed by atoms with Crippen LogP contribution in [0.15, 0.2) is 24.3 Å². The van der Waals surface area contributed by atoms with Crippen molar-refractivity contribution in [1.29, 1.82) is 0 Å². The molecule has 0 fully saturated rings. The first kappa shape index (κ1) is 15.6. The van der Waals surface area contributed by atoms with Crippen molar-refractivity contribution in [3.8, 4) is 0 Å². The third kappa shape index (κ3) is 3.88. The molecule has 1 N–H and O–H groups in total. The highest BCUT2D eigenvalue weighted by Gasteiger charge is 2.15. The van der Waals surface area contributed by atoms with Gasteiger partial charge in [-0.2, -0.15) is 5.10 Å². The SMILES string of the molecule is Cc1cc(C)n(CCCNC(C)c2c(F)cccc2F)n1. The smallest absolute Gasteiger partial charge is 0.130 e. The number of hydrogen-bond donors (Lipinski definition) is 1. The first-order valence-corrected chi connectivity index (χ1v) is 7.17. The number of rotatable bonds is 6. The molecule has 0 aliphatic heterocycles.